The van der Waals surface area contributed by atoms with E-state index in [-0.39, 0.29) is 11.9 Å². The van der Waals surface area contributed by atoms with E-state index in [1.165, 1.54) is 0 Å². The van der Waals surface area contributed by atoms with E-state index in [1.807, 2.05) is 13.1 Å². The summed E-state index contributed by atoms with van der Waals surface area (Å²) in [6.07, 6.45) is 1.23. The summed E-state index contributed by atoms with van der Waals surface area (Å²) in [6.45, 7) is 2.05. The number of likely N-dealkylation sites (tertiary alicyclic amines) is 1. The second-order valence-electron chi connectivity index (χ2n) is 7.98. The van der Waals surface area contributed by atoms with Gasteiger partial charge < -0.3 is 29.9 Å². The number of amides is 3. The van der Waals surface area contributed by atoms with Gasteiger partial charge in [0.05, 0.1) is 11.3 Å². The predicted octanol–water partition coefficient (Wildman–Crippen LogP) is 3.32. The lowest BCUT2D eigenvalue weighted by atomic mass is 9.90. The monoisotopic (exact) mass is 442 g/mol. The Kier molecular flexibility index (Phi) is 4.81. The first-order valence-corrected chi connectivity index (χ1v) is 10.6. The first kappa shape index (κ1) is 19.8. The van der Waals surface area contributed by atoms with Crippen LogP contribution in [0, 0.1) is 0 Å². The summed E-state index contributed by atoms with van der Waals surface area (Å²) >= 11 is 6.06. The molecule has 2 aromatic carbocycles. The van der Waals surface area contributed by atoms with E-state index in [2.05, 4.69) is 15.5 Å². The number of benzene rings is 2. The minimum absolute atomic E-state index is 0.134. The van der Waals surface area contributed by atoms with Crippen molar-refractivity contribution in [3.05, 3.63) is 47.0 Å². The Hall–Kier alpha value is -3.13. The van der Waals surface area contributed by atoms with Gasteiger partial charge in [-0.05, 0) is 30.3 Å². The molecule has 3 aliphatic rings. The Bertz CT molecular complexity index is 1050. The SMILES string of the molecule is CN1c2ccc(Cl)cc2C(=O)NC12CCN(C(=O)Nc1ccc3c(c1)OCCO3)CC2. The summed E-state index contributed by atoms with van der Waals surface area (Å²) in [5, 5.41) is 6.61. The highest BCUT2D eigenvalue weighted by Gasteiger charge is 2.44. The number of nitrogens with one attached hydrogen (secondary N) is 2. The zero-order valence-corrected chi connectivity index (χ0v) is 17.9. The van der Waals surface area contributed by atoms with Crippen LogP contribution in [0.25, 0.3) is 0 Å². The van der Waals surface area contributed by atoms with Crippen molar-refractivity contribution in [2.24, 2.45) is 0 Å². The molecule has 0 aromatic heterocycles. The molecule has 5 rings (SSSR count). The van der Waals surface area contributed by atoms with Crippen molar-refractivity contribution < 1.29 is 19.1 Å². The zero-order chi connectivity index (χ0) is 21.6. The van der Waals surface area contributed by atoms with Crippen LogP contribution in [0.5, 0.6) is 11.5 Å². The number of urea groups is 1. The largest absolute Gasteiger partial charge is 0.486 e. The molecule has 3 aliphatic heterocycles. The van der Waals surface area contributed by atoms with Crippen LogP contribution in [-0.4, -0.2) is 55.9 Å². The minimum Gasteiger partial charge on any atom is -0.486 e. The summed E-state index contributed by atoms with van der Waals surface area (Å²) in [6, 6.07) is 10.5. The van der Waals surface area contributed by atoms with Gasteiger partial charge in [-0.1, -0.05) is 11.6 Å². The quantitative estimate of drug-likeness (QED) is 0.708. The number of piperidine rings is 1. The van der Waals surface area contributed by atoms with Gasteiger partial charge in [0.15, 0.2) is 11.5 Å². The van der Waals surface area contributed by atoms with E-state index in [4.69, 9.17) is 21.1 Å². The fourth-order valence-electron chi connectivity index (χ4n) is 4.44. The number of carbonyl (C=O) groups excluding carboxylic acids is 2. The predicted molar refractivity (Wildman–Crippen MR) is 117 cm³/mol. The van der Waals surface area contributed by atoms with Crippen LogP contribution in [-0.2, 0) is 0 Å². The van der Waals surface area contributed by atoms with E-state index < -0.39 is 5.66 Å². The molecule has 8 nitrogen and oxygen atoms in total. The van der Waals surface area contributed by atoms with Crippen LogP contribution in [0.3, 0.4) is 0 Å². The summed E-state index contributed by atoms with van der Waals surface area (Å²) in [5.74, 6) is 1.18. The molecule has 0 unspecified atom stereocenters. The highest BCUT2D eigenvalue weighted by molar-refractivity contribution is 6.31. The van der Waals surface area contributed by atoms with Gasteiger partial charge >= 0.3 is 6.03 Å². The zero-order valence-electron chi connectivity index (χ0n) is 17.1. The molecule has 3 amide bonds. The molecule has 0 bridgehead atoms. The van der Waals surface area contributed by atoms with Crippen molar-refractivity contribution in [2.75, 3.05) is 43.6 Å². The van der Waals surface area contributed by atoms with E-state index in [9.17, 15) is 9.59 Å². The fraction of sp³-hybridized carbons (Fsp3) is 0.364. The molecular formula is C22H23ClN4O4. The van der Waals surface area contributed by atoms with E-state index in [0.717, 1.165) is 5.69 Å². The number of fused-ring (bicyclic) bond motifs is 2. The Morgan fingerprint density at radius 2 is 1.84 bits per heavy atom. The summed E-state index contributed by atoms with van der Waals surface area (Å²) in [7, 11) is 1.97. The third kappa shape index (κ3) is 3.50. The number of hydrogen-bond donors (Lipinski definition) is 2. The van der Waals surface area contributed by atoms with E-state index >= 15 is 0 Å². The highest BCUT2D eigenvalue weighted by Crippen LogP contribution is 2.37. The molecule has 1 spiro atoms. The fourth-order valence-corrected chi connectivity index (χ4v) is 4.61. The average Bonchev–Trinajstić information content (AvgIpc) is 2.78. The lowest BCUT2D eigenvalue weighted by molar-refractivity contribution is 0.0815. The number of ether oxygens (including phenoxy) is 2. The molecule has 2 aromatic rings. The maximum absolute atomic E-state index is 12.8. The van der Waals surface area contributed by atoms with Crippen molar-refractivity contribution >= 4 is 34.9 Å². The third-order valence-corrected chi connectivity index (χ3v) is 6.46. The Balaban J connectivity index is 1.26. The normalized spacial score (nSPS) is 19.0. The number of carbonyl (C=O) groups is 2. The number of anilines is 2. The van der Waals surface area contributed by atoms with Gasteiger partial charge in [-0.2, -0.15) is 0 Å². The van der Waals surface area contributed by atoms with Crippen molar-refractivity contribution in [3.63, 3.8) is 0 Å². The summed E-state index contributed by atoms with van der Waals surface area (Å²) in [5.41, 5.74) is 1.55. The lowest BCUT2D eigenvalue weighted by Crippen LogP contribution is -2.67. The average molecular weight is 443 g/mol. The topological polar surface area (TPSA) is 83.1 Å². The van der Waals surface area contributed by atoms with Crippen molar-refractivity contribution in [1.29, 1.82) is 0 Å². The van der Waals surface area contributed by atoms with Crippen LogP contribution >= 0.6 is 11.6 Å². The third-order valence-electron chi connectivity index (χ3n) is 6.22. The number of halogens is 1. The van der Waals surface area contributed by atoms with Gasteiger partial charge in [0.25, 0.3) is 5.91 Å². The van der Waals surface area contributed by atoms with Gasteiger partial charge in [-0.3, -0.25) is 4.79 Å². The molecule has 0 aliphatic carbocycles. The molecule has 31 heavy (non-hydrogen) atoms. The molecule has 0 saturated carbocycles. The number of nitrogens with zero attached hydrogens (tertiary/aromatic N) is 2. The molecule has 162 valence electrons. The van der Waals surface area contributed by atoms with Gasteiger partial charge in [-0.25, -0.2) is 4.79 Å². The Morgan fingerprint density at radius 3 is 2.61 bits per heavy atom. The highest BCUT2D eigenvalue weighted by atomic mass is 35.5. The van der Waals surface area contributed by atoms with Crippen LogP contribution in [0.4, 0.5) is 16.2 Å². The molecule has 0 radical (unpaired) electrons. The summed E-state index contributed by atoms with van der Waals surface area (Å²) < 4.78 is 11.1. The molecule has 0 atom stereocenters. The molecule has 1 saturated heterocycles. The van der Waals surface area contributed by atoms with Crippen LogP contribution < -0.4 is 25.0 Å². The summed E-state index contributed by atoms with van der Waals surface area (Å²) in [4.78, 5) is 29.4. The molecule has 3 heterocycles. The maximum Gasteiger partial charge on any atom is 0.321 e. The van der Waals surface area contributed by atoms with Crippen LogP contribution in [0.2, 0.25) is 5.02 Å². The van der Waals surface area contributed by atoms with Crippen molar-refractivity contribution in [1.82, 2.24) is 10.2 Å². The second kappa shape index (κ2) is 7.53. The lowest BCUT2D eigenvalue weighted by Gasteiger charge is -2.51. The van der Waals surface area contributed by atoms with E-state index in [1.54, 1.807) is 35.2 Å². The Labute approximate surface area is 185 Å². The van der Waals surface area contributed by atoms with Gasteiger partial charge in [0.2, 0.25) is 0 Å². The molecule has 2 N–H and O–H groups in total. The van der Waals surface area contributed by atoms with Crippen LogP contribution in [0.1, 0.15) is 23.2 Å². The Morgan fingerprint density at radius 1 is 1.10 bits per heavy atom. The number of rotatable bonds is 1. The maximum atomic E-state index is 12.8. The molecule has 9 heteroatoms. The van der Waals surface area contributed by atoms with Crippen molar-refractivity contribution in [2.45, 2.75) is 18.5 Å². The first-order chi connectivity index (χ1) is 14.9. The van der Waals surface area contributed by atoms with Crippen LogP contribution in [0.15, 0.2) is 36.4 Å². The second-order valence-corrected chi connectivity index (χ2v) is 8.42. The molecule has 1 fully saturated rings. The van der Waals surface area contributed by atoms with Gasteiger partial charge in [-0.15, -0.1) is 0 Å². The smallest absolute Gasteiger partial charge is 0.321 e. The van der Waals surface area contributed by atoms with Gasteiger partial charge in [0.1, 0.15) is 18.9 Å². The first-order valence-electron chi connectivity index (χ1n) is 10.3. The van der Waals surface area contributed by atoms with Crippen molar-refractivity contribution in [3.8, 4) is 11.5 Å². The standard InChI is InChI=1S/C22H23ClN4O4/c1-26-17-4-2-14(23)12-16(17)20(28)25-22(26)6-8-27(9-7-22)21(29)24-15-3-5-18-19(13-15)31-11-10-30-18/h2-5,12-13H,6-11H2,1H3,(H,24,29)(H,25,28). The molecular weight excluding hydrogens is 420 g/mol. The van der Waals surface area contributed by atoms with Gasteiger partial charge in [0, 0.05) is 49.8 Å². The minimum atomic E-state index is -0.522. The van der Waals surface area contributed by atoms with E-state index in [0.29, 0.717) is 66.9 Å². The number of hydrogen-bond acceptors (Lipinski definition) is 5.